The van der Waals surface area contributed by atoms with Crippen LogP contribution in [0.3, 0.4) is 0 Å². The molecule has 13 heteroatoms. The minimum absolute atomic E-state index is 0.0644. The largest absolute Gasteiger partial charge is 0.477 e. The Labute approximate surface area is 178 Å². The Bertz CT molecular complexity index is 611. The molecule has 0 aromatic heterocycles. The van der Waals surface area contributed by atoms with Crippen LogP contribution in [0.2, 0.25) is 0 Å². The monoisotopic (exact) mass is 451 g/mol. The van der Waals surface area contributed by atoms with Crippen LogP contribution in [0, 0.1) is 12.3 Å². The molecule has 0 bridgehead atoms. The van der Waals surface area contributed by atoms with Gasteiger partial charge in [0.05, 0.1) is 45.2 Å². The summed E-state index contributed by atoms with van der Waals surface area (Å²) in [5.74, 6) is -2.73. The average molecular weight is 451 g/mol. The molecule has 0 aliphatic carbocycles. The number of aliphatic hydroxyl groups is 5. The van der Waals surface area contributed by atoms with E-state index >= 15 is 0 Å². The van der Waals surface area contributed by atoms with Gasteiger partial charge in [0.15, 0.2) is 0 Å². The van der Waals surface area contributed by atoms with Gasteiger partial charge in [0.1, 0.15) is 31.5 Å². The van der Waals surface area contributed by atoms with Crippen LogP contribution >= 0.6 is 0 Å². The summed E-state index contributed by atoms with van der Waals surface area (Å²) in [6.07, 6.45) is -2.62. The predicted molar refractivity (Wildman–Crippen MR) is 100 cm³/mol. The van der Waals surface area contributed by atoms with Crippen molar-refractivity contribution in [2.75, 3.05) is 46.2 Å². The lowest BCUT2D eigenvalue weighted by Gasteiger charge is -2.46. The molecule has 0 spiro atoms. The number of carboxylic acid groups (broad SMARTS) is 1. The SMILES string of the molecule is C#CCOCCOCCO[C@@]1(C(=O)O)C[C@H](O)[C@@H](NC(=O)CO)[C@H]([C@H](O)[C@H](O)CO)O1. The van der Waals surface area contributed by atoms with Crippen LogP contribution in [0.5, 0.6) is 0 Å². The summed E-state index contributed by atoms with van der Waals surface area (Å²) < 4.78 is 20.9. The van der Waals surface area contributed by atoms with Crippen LogP contribution in [0.15, 0.2) is 0 Å². The lowest BCUT2D eigenvalue weighted by molar-refractivity contribution is -0.313. The summed E-state index contributed by atoms with van der Waals surface area (Å²) in [6.45, 7) is -1.72. The number of carbonyl (C=O) groups excluding carboxylic acids is 1. The van der Waals surface area contributed by atoms with Crippen molar-refractivity contribution < 1.29 is 59.2 Å². The molecule has 1 amide bonds. The molecule has 1 aliphatic heterocycles. The summed E-state index contributed by atoms with van der Waals surface area (Å²) in [5.41, 5.74) is 0. The summed E-state index contributed by atoms with van der Waals surface area (Å²) >= 11 is 0. The van der Waals surface area contributed by atoms with Crippen LogP contribution in [0.1, 0.15) is 6.42 Å². The normalized spacial score (nSPS) is 27.8. The number of carboxylic acids is 1. The van der Waals surface area contributed by atoms with Crippen LogP contribution in [-0.4, -0.2) is 125 Å². The van der Waals surface area contributed by atoms with Gasteiger partial charge in [-0.1, -0.05) is 5.92 Å². The molecule has 1 heterocycles. The molecule has 7 N–H and O–H groups in total. The Kier molecular flexibility index (Phi) is 11.9. The van der Waals surface area contributed by atoms with Gasteiger partial charge in [-0.05, 0) is 0 Å². The zero-order valence-corrected chi connectivity index (χ0v) is 16.8. The number of carbonyl (C=O) groups is 2. The maximum Gasteiger partial charge on any atom is 0.364 e. The summed E-state index contributed by atoms with van der Waals surface area (Å²) in [6, 6.07) is -1.41. The second-order valence-electron chi connectivity index (χ2n) is 6.62. The van der Waals surface area contributed by atoms with Gasteiger partial charge in [0.25, 0.3) is 5.79 Å². The van der Waals surface area contributed by atoms with Gasteiger partial charge >= 0.3 is 5.97 Å². The highest BCUT2D eigenvalue weighted by molar-refractivity contribution is 5.78. The molecule has 1 rings (SSSR count). The fourth-order valence-electron chi connectivity index (χ4n) is 2.89. The molecule has 1 fully saturated rings. The van der Waals surface area contributed by atoms with Gasteiger partial charge < -0.3 is 54.9 Å². The Morgan fingerprint density at radius 2 is 1.84 bits per heavy atom. The molecule has 0 saturated carbocycles. The fourth-order valence-corrected chi connectivity index (χ4v) is 2.89. The molecule has 6 atom stereocenters. The van der Waals surface area contributed by atoms with Crippen molar-refractivity contribution >= 4 is 11.9 Å². The van der Waals surface area contributed by atoms with Crippen LogP contribution in [0.4, 0.5) is 0 Å². The number of hydrogen-bond acceptors (Lipinski definition) is 11. The fraction of sp³-hybridized carbons (Fsp3) is 0.778. The van der Waals surface area contributed by atoms with E-state index in [-0.39, 0.29) is 33.0 Å². The maximum atomic E-state index is 11.9. The lowest BCUT2D eigenvalue weighted by Crippen LogP contribution is -2.68. The first-order valence-corrected chi connectivity index (χ1v) is 9.41. The Balaban J connectivity index is 2.87. The van der Waals surface area contributed by atoms with Gasteiger partial charge in [0.2, 0.25) is 5.91 Å². The van der Waals surface area contributed by atoms with E-state index in [4.69, 9.17) is 35.6 Å². The predicted octanol–water partition coefficient (Wildman–Crippen LogP) is -4.21. The van der Waals surface area contributed by atoms with Crippen molar-refractivity contribution in [2.24, 2.45) is 0 Å². The van der Waals surface area contributed by atoms with Crippen molar-refractivity contribution in [3.63, 3.8) is 0 Å². The third kappa shape index (κ3) is 7.96. The standard InChI is InChI=1S/C18H29NO12/c1-2-3-28-4-5-29-6-7-30-18(17(26)27)8-11(22)14(19-13(24)10-21)16(31-18)15(25)12(23)9-20/h1,11-12,14-16,20-23,25H,3-10H2,(H,19,24)(H,26,27)/t11-,12+,14+,15+,16+,18-/m0/s1. The first kappa shape index (κ1) is 27.2. The van der Waals surface area contributed by atoms with Crippen LogP contribution < -0.4 is 5.32 Å². The number of aliphatic carboxylic acids is 1. The minimum atomic E-state index is -2.44. The van der Waals surface area contributed by atoms with E-state index in [9.17, 15) is 30.0 Å². The average Bonchev–Trinajstić information content (AvgIpc) is 2.75. The first-order valence-electron chi connectivity index (χ1n) is 9.41. The number of nitrogens with one attached hydrogen (secondary N) is 1. The number of ether oxygens (including phenoxy) is 4. The highest BCUT2D eigenvalue weighted by atomic mass is 16.7. The molecule has 13 nitrogen and oxygen atoms in total. The third-order valence-electron chi connectivity index (χ3n) is 4.41. The van der Waals surface area contributed by atoms with Gasteiger partial charge in [-0.25, -0.2) is 4.79 Å². The van der Waals surface area contributed by atoms with E-state index in [1.54, 1.807) is 0 Å². The first-order chi connectivity index (χ1) is 14.7. The van der Waals surface area contributed by atoms with Gasteiger partial charge in [0, 0.05) is 6.42 Å². The minimum Gasteiger partial charge on any atom is -0.477 e. The molecule has 1 aliphatic rings. The van der Waals surface area contributed by atoms with E-state index < -0.39 is 67.8 Å². The number of amides is 1. The van der Waals surface area contributed by atoms with E-state index in [1.807, 2.05) is 0 Å². The maximum absolute atomic E-state index is 11.9. The molecule has 0 aromatic rings. The van der Waals surface area contributed by atoms with Crippen molar-refractivity contribution in [2.45, 2.75) is 42.7 Å². The molecule has 0 aromatic carbocycles. The van der Waals surface area contributed by atoms with Crippen molar-refractivity contribution in [3.8, 4) is 12.3 Å². The zero-order chi connectivity index (χ0) is 23.4. The molecule has 0 radical (unpaired) electrons. The molecule has 31 heavy (non-hydrogen) atoms. The van der Waals surface area contributed by atoms with Crippen molar-refractivity contribution in [3.05, 3.63) is 0 Å². The number of terminal acetylenes is 1. The third-order valence-corrected chi connectivity index (χ3v) is 4.41. The summed E-state index contributed by atoms with van der Waals surface area (Å²) in [5, 5.41) is 60.4. The molecular weight excluding hydrogens is 422 g/mol. The van der Waals surface area contributed by atoms with Crippen LogP contribution in [-0.2, 0) is 28.5 Å². The van der Waals surface area contributed by atoms with Crippen molar-refractivity contribution in [1.82, 2.24) is 5.32 Å². The second kappa shape index (κ2) is 13.5. The molecular formula is C18H29NO12. The number of hydrogen-bond donors (Lipinski definition) is 7. The zero-order valence-electron chi connectivity index (χ0n) is 16.8. The number of rotatable bonds is 14. The van der Waals surface area contributed by atoms with E-state index in [0.717, 1.165) is 0 Å². The van der Waals surface area contributed by atoms with E-state index in [1.165, 1.54) is 0 Å². The number of aliphatic hydroxyl groups excluding tert-OH is 5. The Hall–Kier alpha value is -1.86. The van der Waals surface area contributed by atoms with Gasteiger partial charge in [-0.2, -0.15) is 0 Å². The highest BCUT2D eigenvalue weighted by Gasteiger charge is 2.55. The van der Waals surface area contributed by atoms with Crippen molar-refractivity contribution in [1.29, 1.82) is 0 Å². The summed E-state index contributed by atoms with van der Waals surface area (Å²) in [4.78, 5) is 23.5. The molecule has 0 unspecified atom stereocenters. The van der Waals surface area contributed by atoms with Gasteiger partial charge in [-0.3, -0.25) is 4.79 Å². The second-order valence-corrected chi connectivity index (χ2v) is 6.62. The Morgan fingerprint density at radius 3 is 2.42 bits per heavy atom. The van der Waals surface area contributed by atoms with E-state index in [2.05, 4.69) is 11.2 Å². The quantitative estimate of drug-likeness (QED) is 0.0992. The lowest BCUT2D eigenvalue weighted by atomic mass is 9.88. The summed E-state index contributed by atoms with van der Waals surface area (Å²) in [7, 11) is 0. The molecule has 1 saturated heterocycles. The van der Waals surface area contributed by atoms with E-state index in [0.29, 0.717) is 0 Å². The Morgan fingerprint density at radius 1 is 1.19 bits per heavy atom. The topological polar surface area (TPSA) is 204 Å². The van der Waals surface area contributed by atoms with Crippen LogP contribution in [0.25, 0.3) is 0 Å². The highest BCUT2D eigenvalue weighted by Crippen LogP contribution is 2.33. The smallest absolute Gasteiger partial charge is 0.364 e. The molecule has 178 valence electrons. The van der Waals surface area contributed by atoms with Gasteiger partial charge in [-0.15, -0.1) is 6.42 Å².